The number of hydrogen-bond acceptors (Lipinski definition) is 6. The van der Waals surface area contributed by atoms with Crippen LogP contribution in [-0.2, 0) is 25.6 Å². The van der Waals surface area contributed by atoms with Gasteiger partial charge in [0, 0.05) is 18.8 Å². The van der Waals surface area contributed by atoms with Crippen LogP contribution < -0.4 is 5.32 Å². The highest BCUT2D eigenvalue weighted by Crippen LogP contribution is 2.32. The van der Waals surface area contributed by atoms with E-state index in [2.05, 4.69) is 10.3 Å². The third-order valence-electron chi connectivity index (χ3n) is 4.47. The predicted molar refractivity (Wildman–Crippen MR) is 103 cm³/mol. The second-order valence-corrected chi connectivity index (χ2v) is 6.22. The lowest BCUT2D eigenvalue weighted by molar-refractivity contribution is -0.115. The Kier molecular flexibility index (Phi) is 6.26. The van der Waals surface area contributed by atoms with E-state index in [0.29, 0.717) is 30.2 Å². The van der Waals surface area contributed by atoms with Crippen molar-refractivity contribution >= 4 is 17.6 Å². The lowest BCUT2D eigenvalue weighted by Crippen LogP contribution is -2.34. The van der Waals surface area contributed by atoms with Gasteiger partial charge in [-0.3, -0.25) is 9.79 Å². The number of fused-ring (bicyclic) bond motifs is 1. The first kappa shape index (κ1) is 19.4. The van der Waals surface area contributed by atoms with Gasteiger partial charge in [-0.2, -0.15) is 0 Å². The van der Waals surface area contributed by atoms with Gasteiger partial charge in [-0.15, -0.1) is 0 Å². The molecule has 0 spiro atoms. The molecule has 1 heterocycles. The number of rotatable bonds is 7. The van der Waals surface area contributed by atoms with Crippen molar-refractivity contribution < 1.29 is 23.8 Å². The van der Waals surface area contributed by atoms with Gasteiger partial charge in [-0.25, -0.2) is 4.79 Å². The fraction of sp³-hybridized carbons (Fsp3) is 0.286. The van der Waals surface area contributed by atoms with E-state index in [4.69, 9.17) is 14.2 Å². The van der Waals surface area contributed by atoms with Crippen molar-refractivity contribution in [2.75, 3.05) is 20.8 Å². The number of benzene rings is 1. The maximum Gasteiger partial charge on any atom is 0.407 e. The van der Waals surface area contributed by atoms with Crippen LogP contribution in [0.5, 0.6) is 0 Å². The Balaban J connectivity index is 1.61. The molecule has 0 radical (unpaired) electrons. The van der Waals surface area contributed by atoms with Crippen molar-refractivity contribution in [2.24, 2.45) is 10.9 Å². The molecule has 1 N–H and O–H groups in total. The first-order valence-electron chi connectivity index (χ1n) is 8.89. The standard InChI is InChI=1S/C21H22N2O5/c1-26-17-12-15(18-16(24)9-11-22-19(18)20(17)27-2)8-10-23-21(25)28-13-14-6-4-3-5-7-14/h3-7,9,11-12,18H,8,10,13H2,1-2H3,(H,23,25). The number of nitrogens with zero attached hydrogens (tertiary/aromatic N) is 1. The smallest absolute Gasteiger partial charge is 0.407 e. The molecule has 0 saturated carbocycles. The van der Waals surface area contributed by atoms with Gasteiger partial charge < -0.3 is 19.5 Å². The van der Waals surface area contributed by atoms with E-state index in [-0.39, 0.29) is 12.4 Å². The molecule has 1 aromatic carbocycles. The van der Waals surface area contributed by atoms with E-state index in [9.17, 15) is 9.59 Å². The zero-order chi connectivity index (χ0) is 19.9. The molecule has 146 valence electrons. The van der Waals surface area contributed by atoms with E-state index < -0.39 is 12.0 Å². The van der Waals surface area contributed by atoms with Crippen LogP contribution in [0.3, 0.4) is 0 Å². The van der Waals surface area contributed by atoms with Crippen LogP contribution >= 0.6 is 0 Å². The third kappa shape index (κ3) is 4.31. The van der Waals surface area contributed by atoms with Crippen molar-refractivity contribution in [3.05, 3.63) is 71.3 Å². The van der Waals surface area contributed by atoms with Gasteiger partial charge in [0.15, 0.2) is 17.3 Å². The minimum absolute atomic E-state index is 0.0763. The van der Waals surface area contributed by atoms with Crippen molar-refractivity contribution in [1.29, 1.82) is 0 Å². The zero-order valence-electron chi connectivity index (χ0n) is 15.8. The van der Waals surface area contributed by atoms with E-state index in [1.807, 2.05) is 30.3 Å². The highest BCUT2D eigenvalue weighted by molar-refractivity contribution is 6.20. The summed E-state index contributed by atoms with van der Waals surface area (Å²) < 4.78 is 16.0. The predicted octanol–water partition coefficient (Wildman–Crippen LogP) is 2.90. The lowest BCUT2D eigenvalue weighted by atomic mass is 9.81. The molecule has 7 heteroatoms. The van der Waals surface area contributed by atoms with Crippen LogP contribution in [0.1, 0.15) is 12.0 Å². The van der Waals surface area contributed by atoms with Crippen LogP contribution in [0, 0.1) is 5.92 Å². The summed E-state index contributed by atoms with van der Waals surface area (Å²) in [6.07, 6.45) is 4.62. The number of nitrogens with one attached hydrogen (secondary N) is 1. The van der Waals surface area contributed by atoms with Gasteiger partial charge in [0.2, 0.25) is 0 Å². The van der Waals surface area contributed by atoms with Gasteiger partial charge in [-0.05, 0) is 23.6 Å². The van der Waals surface area contributed by atoms with E-state index in [0.717, 1.165) is 11.1 Å². The molecule has 1 aliphatic heterocycles. The quantitative estimate of drug-likeness (QED) is 0.784. The Labute approximate surface area is 163 Å². The maximum absolute atomic E-state index is 12.4. The number of aliphatic imine (C=N–C) groups is 1. The summed E-state index contributed by atoms with van der Waals surface area (Å²) in [5.74, 6) is 0.347. The van der Waals surface area contributed by atoms with Crippen molar-refractivity contribution in [3.63, 3.8) is 0 Å². The molecule has 1 atom stereocenters. The number of ketones is 1. The summed E-state index contributed by atoms with van der Waals surface area (Å²) in [5.41, 5.74) is 2.24. The summed E-state index contributed by atoms with van der Waals surface area (Å²) >= 11 is 0. The minimum atomic E-state index is -0.527. The molecule has 2 aliphatic rings. The van der Waals surface area contributed by atoms with Gasteiger partial charge in [0.25, 0.3) is 0 Å². The SMILES string of the molecule is COC1=C(OC)C2=NC=CC(=O)C2C(CCNC(=O)OCc2ccccc2)=C1. The highest BCUT2D eigenvalue weighted by Gasteiger charge is 2.36. The zero-order valence-corrected chi connectivity index (χ0v) is 15.8. The molecule has 1 unspecified atom stereocenters. The summed E-state index contributed by atoms with van der Waals surface area (Å²) in [7, 11) is 3.04. The molecule has 3 rings (SSSR count). The van der Waals surface area contributed by atoms with Crippen LogP contribution in [0.25, 0.3) is 0 Å². The Morgan fingerprint density at radius 1 is 1.18 bits per heavy atom. The van der Waals surface area contributed by atoms with E-state index in [1.165, 1.54) is 26.5 Å². The second-order valence-electron chi connectivity index (χ2n) is 6.22. The van der Waals surface area contributed by atoms with Crippen LogP contribution in [-0.4, -0.2) is 38.4 Å². The van der Waals surface area contributed by atoms with Crippen molar-refractivity contribution in [1.82, 2.24) is 5.32 Å². The van der Waals surface area contributed by atoms with Crippen LogP contribution in [0.2, 0.25) is 0 Å². The topological polar surface area (TPSA) is 86.2 Å². The van der Waals surface area contributed by atoms with Gasteiger partial charge >= 0.3 is 6.09 Å². The molecular weight excluding hydrogens is 360 g/mol. The second kappa shape index (κ2) is 9.03. The minimum Gasteiger partial charge on any atom is -0.493 e. The number of allylic oxidation sites excluding steroid dienone is 3. The number of methoxy groups -OCH3 is 2. The summed E-state index contributed by atoms with van der Waals surface area (Å²) in [6, 6.07) is 9.44. The molecule has 1 amide bonds. The number of alkyl carbamates (subject to hydrolysis) is 1. The molecule has 28 heavy (non-hydrogen) atoms. The summed E-state index contributed by atoms with van der Waals surface area (Å²) in [6.45, 7) is 0.519. The molecule has 0 saturated heterocycles. The first-order chi connectivity index (χ1) is 13.6. The molecule has 0 bridgehead atoms. The van der Waals surface area contributed by atoms with Crippen molar-refractivity contribution in [3.8, 4) is 0 Å². The Bertz CT molecular complexity index is 868. The largest absolute Gasteiger partial charge is 0.493 e. The maximum atomic E-state index is 12.4. The summed E-state index contributed by atoms with van der Waals surface area (Å²) in [5, 5.41) is 2.71. The number of amides is 1. The fourth-order valence-corrected chi connectivity index (χ4v) is 3.14. The van der Waals surface area contributed by atoms with Crippen LogP contribution in [0.15, 0.2) is 70.8 Å². The van der Waals surface area contributed by atoms with Gasteiger partial charge in [0.1, 0.15) is 12.3 Å². The molecule has 1 aromatic rings. The van der Waals surface area contributed by atoms with Gasteiger partial charge in [0.05, 0.1) is 20.1 Å². The fourth-order valence-electron chi connectivity index (χ4n) is 3.14. The monoisotopic (exact) mass is 382 g/mol. The number of carbonyl (C=O) groups is 2. The first-order valence-corrected chi connectivity index (χ1v) is 8.89. The lowest BCUT2D eigenvalue weighted by Gasteiger charge is -2.28. The summed E-state index contributed by atoms with van der Waals surface area (Å²) in [4.78, 5) is 28.6. The van der Waals surface area contributed by atoms with E-state index in [1.54, 1.807) is 6.08 Å². The van der Waals surface area contributed by atoms with Gasteiger partial charge in [-0.1, -0.05) is 30.3 Å². The van der Waals surface area contributed by atoms with Crippen molar-refractivity contribution in [2.45, 2.75) is 13.0 Å². The number of ether oxygens (including phenoxy) is 3. The highest BCUT2D eigenvalue weighted by atomic mass is 16.5. The average Bonchev–Trinajstić information content (AvgIpc) is 2.72. The molecule has 7 nitrogen and oxygen atoms in total. The number of hydrogen-bond donors (Lipinski definition) is 1. The Morgan fingerprint density at radius 3 is 2.68 bits per heavy atom. The Hall–Kier alpha value is -3.35. The normalized spacial score (nSPS) is 18.1. The number of carbonyl (C=O) groups excluding carboxylic acids is 2. The molecule has 0 fully saturated rings. The molecule has 1 aliphatic carbocycles. The van der Waals surface area contributed by atoms with E-state index >= 15 is 0 Å². The molecule has 0 aromatic heterocycles. The van der Waals surface area contributed by atoms with Crippen LogP contribution in [0.4, 0.5) is 4.79 Å². The average molecular weight is 382 g/mol. The Morgan fingerprint density at radius 2 is 1.96 bits per heavy atom. The molecular formula is C21H22N2O5. The third-order valence-corrected chi connectivity index (χ3v) is 4.47.